The van der Waals surface area contributed by atoms with Gasteiger partial charge in [0.25, 0.3) is 0 Å². The minimum atomic E-state index is -2.70. The van der Waals surface area contributed by atoms with E-state index in [1.54, 1.807) is 65.6 Å². The molecule has 3 unspecified atom stereocenters. The number of carbonyl (C=O) groups is 2. The quantitative estimate of drug-likeness (QED) is 0.271. The third-order valence-electron chi connectivity index (χ3n) is 7.57. The van der Waals surface area contributed by atoms with Crippen LogP contribution in [-0.2, 0) is 27.3 Å². The number of rotatable bonds is 10. The molecule has 0 saturated carbocycles. The Morgan fingerprint density at radius 1 is 0.929 bits per heavy atom. The number of amides is 2. The van der Waals surface area contributed by atoms with Crippen molar-refractivity contribution in [3.63, 3.8) is 0 Å². The van der Waals surface area contributed by atoms with Gasteiger partial charge in [-0.2, -0.15) is 5.26 Å². The average molecular weight is 580 g/mol. The third kappa shape index (κ3) is 6.85. The van der Waals surface area contributed by atoms with E-state index in [-0.39, 0.29) is 18.7 Å². The number of fused-ring (bicyclic) bond motifs is 1. The maximum absolute atomic E-state index is 13.7. The summed E-state index contributed by atoms with van der Waals surface area (Å²) in [5.41, 5.74) is 2.41. The Hall–Kier alpha value is -4.52. The molecule has 1 saturated heterocycles. The van der Waals surface area contributed by atoms with Crippen LogP contribution < -0.4 is 9.62 Å². The highest BCUT2D eigenvalue weighted by Gasteiger charge is 2.31. The Morgan fingerprint density at radius 2 is 1.60 bits per heavy atom. The first kappa shape index (κ1) is 29.0. The van der Waals surface area contributed by atoms with Crippen molar-refractivity contribution in [3.05, 3.63) is 114 Å². The molecular weight excluding hydrogens is 548 g/mol. The predicted octanol–water partition coefficient (Wildman–Crippen LogP) is 4.79. The number of nitrogens with one attached hydrogen (secondary N) is 1. The van der Waals surface area contributed by atoms with E-state index in [1.807, 2.05) is 36.4 Å². The molecule has 0 spiro atoms. The van der Waals surface area contributed by atoms with Gasteiger partial charge in [0.1, 0.15) is 6.04 Å². The van der Waals surface area contributed by atoms with Gasteiger partial charge < -0.3 is 14.8 Å². The van der Waals surface area contributed by atoms with Gasteiger partial charge in [-0.25, -0.2) is 0 Å². The molecule has 5 rings (SSSR count). The van der Waals surface area contributed by atoms with Gasteiger partial charge >= 0.3 is 0 Å². The summed E-state index contributed by atoms with van der Waals surface area (Å²) in [6.07, 6.45) is 1.89. The summed E-state index contributed by atoms with van der Waals surface area (Å²) in [6, 6.07) is 29.4. The summed E-state index contributed by atoms with van der Waals surface area (Å²) in [5.74, 6) is -0.605. The predicted molar refractivity (Wildman–Crippen MR) is 162 cm³/mol. The third-order valence-corrected chi connectivity index (χ3v) is 8.35. The summed E-state index contributed by atoms with van der Waals surface area (Å²) in [5, 5.41) is 13.9. The minimum Gasteiger partial charge on any atom is -0.755 e. The molecule has 0 radical (unpaired) electrons. The highest BCUT2D eigenvalue weighted by Crippen LogP contribution is 2.33. The molecule has 1 N–H and O–H groups in total. The van der Waals surface area contributed by atoms with Crippen LogP contribution in [0.4, 0.5) is 5.69 Å². The Labute approximate surface area is 248 Å². The minimum absolute atomic E-state index is 0.166. The summed E-state index contributed by atoms with van der Waals surface area (Å²) in [4.78, 5) is 28.9. The molecule has 1 aliphatic rings. The van der Waals surface area contributed by atoms with Crippen LogP contribution in [0.3, 0.4) is 0 Å². The van der Waals surface area contributed by atoms with Gasteiger partial charge in [-0.1, -0.05) is 72.8 Å². The van der Waals surface area contributed by atoms with Crippen LogP contribution in [0.5, 0.6) is 0 Å². The van der Waals surface area contributed by atoms with Gasteiger partial charge in [0.2, 0.25) is 11.8 Å². The molecule has 1 heterocycles. The summed E-state index contributed by atoms with van der Waals surface area (Å²) in [7, 11) is 0. The lowest BCUT2D eigenvalue weighted by Crippen LogP contribution is -2.49. The second-order valence-electron chi connectivity index (χ2n) is 10.4. The van der Waals surface area contributed by atoms with E-state index in [9.17, 15) is 18.4 Å². The van der Waals surface area contributed by atoms with Gasteiger partial charge in [-0.15, -0.1) is 0 Å². The normalized spacial score (nSPS) is 15.0. The van der Waals surface area contributed by atoms with Crippen LogP contribution in [0, 0.1) is 11.3 Å². The fourth-order valence-corrected chi connectivity index (χ4v) is 6.12. The molecule has 8 nitrogen and oxygen atoms in total. The number of hydrogen-bond donors (Lipinski definition) is 1. The average Bonchev–Trinajstić information content (AvgIpc) is 3.56. The van der Waals surface area contributed by atoms with Crippen molar-refractivity contribution in [2.75, 3.05) is 17.4 Å². The molecule has 1 aliphatic heterocycles. The molecule has 3 atom stereocenters. The zero-order chi connectivity index (χ0) is 29.5. The Balaban J connectivity index is 1.43. The van der Waals surface area contributed by atoms with E-state index in [1.165, 1.54) is 4.31 Å². The van der Waals surface area contributed by atoms with Gasteiger partial charge in [0.15, 0.2) is 0 Å². The van der Waals surface area contributed by atoms with E-state index in [2.05, 4.69) is 11.4 Å². The summed E-state index contributed by atoms with van der Waals surface area (Å²) < 4.78 is 26.7. The number of hydrogen-bond acceptors (Lipinski definition) is 5. The van der Waals surface area contributed by atoms with Crippen molar-refractivity contribution in [2.24, 2.45) is 0 Å². The van der Waals surface area contributed by atoms with Gasteiger partial charge in [-0.3, -0.25) is 18.1 Å². The highest BCUT2D eigenvalue weighted by molar-refractivity contribution is 7.80. The molecule has 214 valence electrons. The number of nitriles is 1. The van der Waals surface area contributed by atoms with E-state index >= 15 is 0 Å². The first-order chi connectivity index (χ1) is 20.4. The topological polar surface area (TPSA) is 117 Å². The van der Waals surface area contributed by atoms with Crippen molar-refractivity contribution in [2.45, 2.75) is 37.8 Å². The largest absolute Gasteiger partial charge is 0.755 e. The second-order valence-corrected chi connectivity index (χ2v) is 11.2. The molecule has 9 heteroatoms. The van der Waals surface area contributed by atoms with Crippen LogP contribution >= 0.6 is 0 Å². The SMILES string of the molecule is N#Cc1ccc(CC(NC(=O)CC(c2ccccc2)N(c2ccc3ccccc3c2)S(=O)[O-])C(=O)N2CCCC2)cc1. The second kappa shape index (κ2) is 13.4. The lowest BCUT2D eigenvalue weighted by Gasteiger charge is -2.35. The van der Waals surface area contributed by atoms with Crippen LogP contribution in [0.25, 0.3) is 10.8 Å². The van der Waals surface area contributed by atoms with Crippen molar-refractivity contribution in [1.29, 1.82) is 5.26 Å². The molecule has 4 aromatic carbocycles. The molecule has 0 aromatic heterocycles. The lowest BCUT2D eigenvalue weighted by molar-refractivity contribution is -0.135. The van der Waals surface area contributed by atoms with E-state index in [4.69, 9.17) is 5.26 Å². The smallest absolute Gasteiger partial charge is 0.245 e. The number of likely N-dealkylation sites (tertiary alicyclic amines) is 1. The summed E-state index contributed by atoms with van der Waals surface area (Å²) in [6.45, 7) is 1.27. The molecule has 0 bridgehead atoms. The van der Waals surface area contributed by atoms with Crippen molar-refractivity contribution in [3.8, 4) is 6.07 Å². The molecule has 1 fully saturated rings. The van der Waals surface area contributed by atoms with Gasteiger partial charge in [0, 0.05) is 36.5 Å². The number of carbonyl (C=O) groups excluding carboxylic acids is 2. The zero-order valence-corrected chi connectivity index (χ0v) is 23.8. The number of nitrogens with zero attached hydrogens (tertiary/aromatic N) is 3. The van der Waals surface area contributed by atoms with Gasteiger partial charge in [-0.05, 0) is 59.0 Å². The maximum Gasteiger partial charge on any atom is 0.245 e. The van der Waals surface area contributed by atoms with Crippen molar-refractivity contribution >= 4 is 39.5 Å². The first-order valence-corrected chi connectivity index (χ1v) is 15.0. The molecule has 42 heavy (non-hydrogen) atoms. The first-order valence-electron chi connectivity index (χ1n) is 13.9. The van der Waals surface area contributed by atoms with Crippen LogP contribution in [0.15, 0.2) is 97.1 Å². The number of benzene rings is 4. The highest BCUT2D eigenvalue weighted by atomic mass is 32.2. The number of anilines is 1. The van der Waals surface area contributed by atoms with E-state index in [0.29, 0.717) is 29.9 Å². The van der Waals surface area contributed by atoms with Crippen LogP contribution in [0.2, 0.25) is 0 Å². The van der Waals surface area contributed by atoms with Crippen molar-refractivity contribution < 1.29 is 18.4 Å². The monoisotopic (exact) mass is 579 g/mol. The molecular formula is C33H31N4O4S-. The standard InChI is InChI=1S/C33H32N4O4S/c34-23-25-14-12-24(13-15-25)20-30(33(39)36-18-6-7-19-36)35-32(38)22-31(27-9-2-1-3-10-27)37(42(40)41)29-17-16-26-8-4-5-11-28(26)21-29/h1-5,8-17,21,30-31H,6-7,18-20,22H2,(H,35,38)(H,40,41)/p-1. The summed E-state index contributed by atoms with van der Waals surface area (Å²) >= 11 is -2.70. The van der Waals surface area contributed by atoms with Gasteiger partial charge in [0.05, 0.1) is 24.1 Å². The fraction of sp³-hybridized carbons (Fsp3) is 0.242. The Bertz CT molecular complexity index is 1610. The Kier molecular flexibility index (Phi) is 9.27. The molecule has 2 amide bonds. The van der Waals surface area contributed by atoms with Crippen molar-refractivity contribution in [1.82, 2.24) is 10.2 Å². The van der Waals surface area contributed by atoms with Crippen LogP contribution in [0.1, 0.15) is 42.0 Å². The zero-order valence-electron chi connectivity index (χ0n) is 23.0. The Morgan fingerprint density at radius 3 is 2.26 bits per heavy atom. The lowest BCUT2D eigenvalue weighted by atomic mass is 10.0. The van der Waals surface area contributed by atoms with E-state index < -0.39 is 29.3 Å². The molecule has 0 aliphatic carbocycles. The maximum atomic E-state index is 13.7. The molecule has 4 aromatic rings. The fourth-order valence-electron chi connectivity index (χ4n) is 5.43. The van der Waals surface area contributed by atoms with Crippen LogP contribution in [-0.4, -0.2) is 44.6 Å². The van der Waals surface area contributed by atoms with E-state index in [0.717, 1.165) is 29.2 Å².